The van der Waals surface area contributed by atoms with E-state index in [9.17, 15) is 4.39 Å². The molecule has 1 N–H and O–H groups in total. The van der Waals surface area contributed by atoms with E-state index in [-0.39, 0.29) is 5.82 Å². The summed E-state index contributed by atoms with van der Waals surface area (Å²) >= 11 is 0. The van der Waals surface area contributed by atoms with E-state index in [2.05, 4.69) is 15.5 Å². The van der Waals surface area contributed by atoms with Gasteiger partial charge in [0.25, 0.3) is 0 Å². The Morgan fingerprint density at radius 1 is 1.35 bits per heavy atom. The minimum atomic E-state index is -0.222. The number of aryl methyl sites for hydroxylation is 1. The topological polar surface area (TPSA) is 51.0 Å². The minimum absolute atomic E-state index is 0.222. The fourth-order valence-electron chi connectivity index (χ4n) is 2.59. The summed E-state index contributed by atoms with van der Waals surface area (Å²) in [5.41, 5.74) is 1.36. The summed E-state index contributed by atoms with van der Waals surface area (Å²) in [5, 5.41) is 7.38. The van der Waals surface area contributed by atoms with Gasteiger partial charge in [0.15, 0.2) is 0 Å². The molecule has 1 fully saturated rings. The van der Waals surface area contributed by atoms with Crippen LogP contribution in [0.2, 0.25) is 0 Å². The van der Waals surface area contributed by atoms with Crippen molar-refractivity contribution in [2.24, 2.45) is 0 Å². The smallest absolute Gasteiger partial charge is 0.240 e. The van der Waals surface area contributed by atoms with E-state index in [0.29, 0.717) is 29.9 Å². The van der Waals surface area contributed by atoms with Gasteiger partial charge in [0.2, 0.25) is 11.7 Å². The molecule has 0 bridgehead atoms. The van der Waals surface area contributed by atoms with E-state index in [1.165, 1.54) is 31.7 Å². The van der Waals surface area contributed by atoms with E-state index < -0.39 is 0 Å². The molecule has 1 heterocycles. The molecule has 20 heavy (non-hydrogen) atoms. The number of aromatic nitrogens is 2. The zero-order chi connectivity index (χ0) is 13.9. The van der Waals surface area contributed by atoms with Crippen LogP contribution >= 0.6 is 0 Å². The largest absolute Gasteiger partial charge is 0.338 e. The third-order valence-electron chi connectivity index (χ3n) is 3.78. The second kappa shape index (κ2) is 5.71. The van der Waals surface area contributed by atoms with Crippen molar-refractivity contribution in [1.82, 2.24) is 15.5 Å². The predicted molar refractivity (Wildman–Crippen MR) is 73.5 cm³/mol. The van der Waals surface area contributed by atoms with E-state index in [0.717, 1.165) is 5.56 Å². The van der Waals surface area contributed by atoms with Gasteiger partial charge in [-0.3, -0.25) is 0 Å². The lowest BCUT2D eigenvalue weighted by Gasteiger charge is -2.08. The molecule has 0 atom stereocenters. The van der Waals surface area contributed by atoms with Crippen molar-refractivity contribution in [3.05, 3.63) is 35.5 Å². The molecule has 5 heteroatoms. The lowest BCUT2D eigenvalue weighted by atomic mass is 10.1. The highest BCUT2D eigenvalue weighted by atomic mass is 19.1. The van der Waals surface area contributed by atoms with Gasteiger partial charge in [0.05, 0.1) is 6.54 Å². The molecule has 1 aliphatic carbocycles. The van der Waals surface area contributed by atoms with Crippen molar-refractivity contribution in [2.45, 2.75) is 45.2 Å². The Hall–Kier alpha value is -1.75. The Morgan fingerprint density at radius 2 is 2.15 bits per heavy atom. The second-order valence-corrected chi connectivity index (χ2v) is 5.34. The Labute approximate surface area is 117 Å². The standard InChI is InChI=1S/C15H18FN3O/c1-10-8-11(6-7-13(10)16)15-18-14(20-19-15)9-17-12-4-2-3-5-12/h6-8,12,17H,2-5,9H2,1H3. The van der Waals surface area contributed by atoms with E-state index >= 15 is 0 Å². The van der Waals surface area contributed by atoms with Gasteiger partial charge in [-0.15, -0.1) is 0 Å². The van der Waals surface area contributed by atoms with Crippen molar-refractivity contribution < 1.29 is 8.91 Å². The molecule has 1 aromatic carbocycles. The van der Waals surface area contributed by atoms with Crippen molar-refractivity contribution in [3.8, 4) is 11.4 Å². The quantitative estimate of drug-likeness (QED) is 0.930. The summed E-state index contributed by atoms with van der Waals surface area (Å²) in [6.45, 7) is 2.32. The maximum Gasteiger partial charge on any atom is 0.240 e. The molecule has 0 radical (unpaired) electrons. The third-order valence-corrected chi connectivity index (χ3v) is 3.78. The minimum Gasteiger partial charge on any atom is -0.338 e. The van der Waals surface area contributed by atoms with Crippen LogP contribution in [0.5, 0.6) is 0 Å². The maximum atomic E-state index is 13.2. The molecule has 3 rings (SSSR count). The van der Waals surface area contributed by atoms with Gasteiger partial charge in [0, 0.05) is 11.6 Å². The Balaban J connectivity index is 1.67. The first-order valence-electron chi connectivity index (χ1n) is 7.05. The lowest BCUT2D eigenvalue weighted by molar-refractivity contribution is 0.357. The normalized spacial score (nSPS) is 15.9. The average molecular weight is 275 g/mol. The highest BCUT2D eigenvalue weighted by Gasteiger charge is 2.16. The number of nitrogens with one attached hydrogen (secondary N) is 1. The van der Waals surface area contributed by atoms with Gasteiger partial charge in [-0.1, -0.05) is 18.0 Å². The van der Waals surface area contributed by atoms with Crippen LogP contribution in [0, 0.1) is 12.7 Å². The van der Waals surface area contributed by atoms with Crippen LogP contribution in [-0.4, -0.2) is 16.2 Å². The van der Waals surface area contributed by atoms with Crippen LogP contribution < -0.4 is 5.32 Å². The molecule has 0 spiro atoms. The molecule has 0 unspecified atom stereocenters. The van der Waals surface area contributed by atoms with Gasteiger partial charge in [-0.25, -0.2) is 4.39 Å². The zero-order valence-corrected chi connectivity index (χ0v) is 11.5. The predicted octanol–water partition coefficient (Wildman–Crippen LogP) is 3.22. The van der Waals surface area contributed by atoms with Crippen LogP contribution in [0.15, 0.2) is 22.7 Å². The molecule has 2 aromatic rings. The van der Waals surface area contributed by atoms with Crippen molar-refractivity contribution in [2.75, 3.05) is 0 Å². The van der Waals surface area contributed by atoms with E-state index in [4.69, 9.17) is 4.52 Å². The number of hydrogen-bond acceptors (Lipinski definition) is 4. The molecule has 1 aliphatic rings. The number of hydrogen-bond donors (Lipinski definition) is 1. The van der Waals surface area contributed by atoms with Gasteiger partial charge >= 0.3 is 0 Å². The Bertz CT molecular complexity index is 591. The van der Waals surface area contributed by atoms with Gasteiger partial charge in [-0.05, 0) is 43.5 Å². The Kier molecular flexibility index (Phi) is 3.78. The lowest BCUT2D eigenvalue weighted by Crippen LogP contribution is -2.25. The number of rotatable bonds is 4. The molecular formula is C15H18FN3O. The van der Waals surface area contributed by atoms with Gasteiger partial charge < -0.3 is 9.84 Å². The van der Waals surface area contributed by atoms with Crippen molar-refractivity contribution >= 4 is 0 Å². The van der Waals surface area contributed by atoms with E-state index in [1.54, 1.807) is 19.1 Å². The highest BCUT2D eigenvalue weighted by Crippen LogP contribution is 2.20. The van der Waals surface area contributed by atoms with E-state index in [1.807, 2.05) is 0 Å². The van der Waals surface area contributed by atoms with Crippen LogP contribution in [-0.2, 0) is 6.54 Å². The first-order chi connectivity index (χ1) is 9.72. The Morgan fingerprint density at radius 3 is 2.90 bits per heavy atom. The monoisotopic (exact) mass is 275 g/mol. The maximum absolute atomic E-state index is 13.2. The average Bonchev–Trinajstić information content (AvgIpc) is 3.10. The van der Waals surface area contributed by atoms with Crippen LogP contribution in [0.3, 0.4) is 0 Å². The van der Waals surface area contributed by atoms with Crippen LogP contribution in [0.1, 0.15) is 37.1 Å². The molecule has 1 aromatic heterocycles. The molecular weight excluding hydrogens is 257 g/mol. The number of nitrogens with zero attached hydrogens (tertiary/aromatic N) is 2. The molecule has 0 aliphatic heterocycles. The molecule has 106 valence electrons. The summed E-state index contributed by atoms with van der Waals surface area (Å²) < 4.78 is 18.5. The number of halogens is 1. The molecule has 4 nitrogen and oxygen atoms in total. The fourth-order valence-corrected chi connectivity index (χ4v) is 2.59. The molecule has 1 saturated carbocycles. The SMILES string of the molecule is Cc1cc(-c2noc(CNC3CCCC3)n2)ccc1F. The number of benzene rings is 1. The van der Waals surface area contributed by atoms with Crippen molar-refractivity contribution in [1.29, 1.82) is 0 Å². The summed E-state index contributed by atoms with van der Waals surface area (Å²) in [7, 11) is 0. The summed E-state index contributed by atoms with van der Waals surface area (Å²) in [4.78, 5) is 4.35. The van der Waals surface area contributed by atoms with Crippen molar-refractivity contribution in [3.63, 3.8) is 0 Å². The highest BCUT2D eigenvalue weighted by molar-refractivity contribution is 5.55. The van der Waals surface area contributed by atoms with Crippen LogP contribution in [0.25, 0.3) is 11.4 Å². The fraction of sp³-hybridized carbons (Fsp3) is 0.467. The first kappa shape index (κ1) is 13.2. The van der Waals surface area contributed by atoms with Gasteiger partial charge in [0.1, 0.15) is 5.82 Å². The summed E-state index contributed by atoms with van der Waals surface area (Å²) in [5.74, 6) is 0.866. The molecule has 0 amide bonds. The van der Waals surface area contributed by atoms with Crippen LogP contribution in [0.4, 0.5) is 4.39 Å². The van der Waals surface area contributed by atoms with Gasteiger partial charge in [-0.2, -0.15) is 4.98 Å². The molecule has 0 saturated heterocycles. The summed E-state index contributed by atoms with van der Waals surface area (Å²) in [6, 6.07) is 5.39. The third kappa shape index (κ3) is 2.88. The summed E-state index contributed by atoms with van der Waals surface area (Å²) in [6.07, 6.45) is 5.03. The zero-order valence-electron chi connectivity index (χ0n) is 11.5. The second-order valence-electron chi connectivity index (χ2n) is 5.34. The first-order valence-corrected chi connectivity index (χ1v) is 7.05.